The zero-order chi connectivity index (χ0) is 12.8. The third-order valence-corrected chi connectivity index (χ3v) is 4.07. The molecule has 1 saturated carbocycles. The van der Waals surface area contributed by atoms with Gasteiger partial charge in [-0.05, 0) is 19.3 Å². The molecule has 0 bridgehead atoms. The zero-order valence-corrected chi connectivity index (χ0v) is 11.0. The molecule has 0 aromatic carbocycles. The largest absolute Gasteiger partial charge is 0.379 e. The quantitative estimate of drug-likeness (QED) is 0.833. The Morgan fingerprint density at radius 2 is 2.16 bits per heavy atom. The van der Waals surface area contributed by atoms with Crippen LogP contribution in [-0.2, 0) is 4.74 Å². The smallest absolute Gasteiger partial charge is 0.165 e. The molecule has 1 saturated heterocycles. The Balaban J connectivity index is 1.76. The summed E-state index contributed by atoms with van der Waals surface area (Å²) in [7, 11) is 2.07. The third kappa shape index (κ3) is 1.78. The van der Waals surface area contributed by atoms with Gasteiger partial charge in [0, 0.05) is 19.7 Å². The van der Waals surface area contributed by atoms with Gasteiger partial charge in [0.2, 0.25) is 0 Å². The maximum Gasteiger partial charge on any atom is 0.165 e. The second-order valence-electron chi connectivity index (χ2n) is 5.38. The number of nitrogens with zero attached hydrogens (tertiary/aromatic N) is 5. The van der Waals surface area contributed by atoms with Gasteiger partial charge in [-0.25, -0.2) is 15.0 Å². The van der Waals surface area contributed by atoms with Crippen molar-refractivity contribution in [1.82, 2.24) is 19.5 Å². The molecule has 0 radical (unpaired) electrons. The lowest BCUT2D eigenvalue weighted by Gasteiger charge is -2.24. The number of ether oxygens (including phenoxy) is 1. The highest BCUT2D eigenvalue weighted by molar-refractivity contribution is 5.83. The molecule has 0 N–H and O–H groups in total. The van der Waals surface area contributed by atoms with Crippen LogP contribution in [0.4, 0.5) is 5.82 Å². The van der Waals surface area contributed by atoms with E-state index in [2.05, 4.69) is 31.5 Å². The maximum absolute atomic E-state index is 5.45. The summed E-state index contributed by atoms with van der Waals surface area (Å²) in [5, 5.41) is 0. The summed E-state index contributed by atoms with van der Waals surface area (Å²) >= 11 is 0. The maximum atomic E-state index is 5.45. The summed E-state index contributed by atoms with van der Waals surface area (Å²) in [6, 6.07) is 0.983. The number of aromatic nitrogens is 4. The van der Waals surface area contributed by atoms with E-state index in [1.807, 2.05) is 6.33 Å². The second kappa shape index (κ2) is 4.16. The van der Waals surface area contributed by atoms with E-state index in [0.717, 1.165) is 36.6 Å². The molecule has 2 fully saturated rings. The number of hydrogen-bond donors (Lipinski definition) is 0. The third-order valence-electron chi connectivity index (χ3n) is 4.07. The molecule has 1 atom stereocenters. The van der Waals surface area contributed by atoms with E-state index < -0.39 is 0 Å². The highest BCUT2D eigenvalue weighted by atomic mass is 16.5. The van der Waals surface area contributed by atoms with Crippen LogP contribution in [0.3, 0.4) is 0 Å². The van der Waals surface area contributed by atoms with Crippen molar-refractivity contribution in [3.05, 3.63) is 12.7 Å². The first-order valence-corrected chi connectivity index (χ1v) is 6.82. The summed E-state index contributed by atoms with van der Waals surface area (Å²) in [6.45, 7) is 1.60. The van der Waals surface area contributed by atoms with Crippen molar-refractivity contribution in [2.45, 2.75) is 31.3 Å². The van der Waals surface area contributed by atoms with E-state index >= 15 is 0 Å². The summed E-state index contributed by atoms with van der Waals surface area (Å²) < 4.78 is 7.63. The Kier molecular flexibility index (Phi) is 2.44. The lowest BCUT2D eigenvalue weighted by molar-refractivity contribution is 0.193. The molecule has 0 spiro atoms. The molecule has 1 aliphatic carbocycles. The van der Waals surface area contributed by atoms with Crippen molar-refractivity contribution >= 4 is 17.0 Å². The van der Waals surface area contributed by atoms with Crippen molar-refractivity contribution in [3.63, 3.8) is 0 Å². The van der Waals surface area contributed by atoms with Crippen molar-refractivity contribution in [2.75, 3.05) is 25.2 Å². The summed E-state index contributed by atoms with van der Waals surface area (Å²) in [5.41, 5.74) is 1.86. The van der Waals surface area contributed by atoms with Gasteiger partial charge in [0.1, 0.15) is 6.33 Å². The first-order chi connectivity index (χ1) is 9.34. The van der Waals surface area contributed by atoms with Crippen LogP contribution in [0.15, 0.2) is 12.7 Å². The molecular weight excluding hydrogens is 242 g/mol. The number of imidazole rings is 1. The minimum Gasteiger partial charge on any atom is -0.379 e. The Morgan fingerprint density at radius 1 is 1.26 bits per heavy atom. The molecule has 0 amide bonds. The van der Waals surface area contributed by atoms with Crippen molar-refractivity contribution in [3.8, 4) is 0 Å². The molecule has 4 rings (SSSR count). The predicted octanol–water partition coefficient (Wildman–Crippen LogP) is 1.39. The fraction of sp³-hybridized carbons (Fsp3) is 0.615. The van der Waals surface area contributed by atoms with E-state index in [0.29, 0.717) is 12.1 Å². The number of fused-ring (bicyclic) bond motifs is 1. The molecule has 1 unspecified atom stereocenters. The Labute approximate surface area is 111 Å². The standard InChI is InChI=1S/C13H17N5O/c1-17(10-4-5-19-6-10)12-11-13(15-7-14-12)18(8-16-11)9-2-3-9/h7-10H,2-6H2,1H3. The van der Waals surface area contributed by atoms with Crippen LogP contribution in [0, 0.1) is 0 Å². The van der Waals surface area contributed by atoms with Gasteiger partial charge < -0.3 is 14.2 Å². The molecule has 3 heterocycles. The Hall–Kier alpha value is -1.69. The van der Waals surface area contributed by atoms with Gasteiger partial charge >= 0.3 is 0 Å². The highest BCUT2D eigenvalue weighted by Gasteiger charge is 2.28. The topological polar surface area (TPSA) is 56.1 Å². The van der Waals surface area contributed by atoms with Gasteiger partial charge in [-0.1, -0.05) is 0 Å². The van der Waals surface area contributed by atoms with Gasteiger partial charge in [0.25, 0.3) is 0 Å². The summed E-state index contributed by atoms with van der Waals surface area (Å²) in [5.74, 6) is 0.917. The number of rotatable bonds is 3. The van der Waals surface area contributed by atoms with Gasteiger partial charge in [-0.3, -0.25) is 0 Å². The van der Waals surface area contributed by atoms with Crippen LogP contribution in [0.25, 0.3) is 11.2 Å². The first kappa shape index (κ1) is 11.2. The average molecular weight is 259 g/mol. The van der Waals surface area contributed by atoms with E-state index in [-0.39, 0.29) is 0 Å². The van der Waals surface area contributed by atoms with Crippen molar-refractivity contribution < 1.29 is 4.74 Å². The fourth-order valence-electron chi connectivity index (χ4n) is 2.72. The Bertz CT molecular complexity index is 600. The average Bonchev–Trinajstić information content (AvgIpc) is 2.98. The minimum atomic E-state index is 0.393. The van der Waals surface area contributed by atoms with Crippen LogP contribution in [0.2, 0.25) is 0 Å². The number of anilines is 1. The lowest BCUT2D eigenvalue weighted by Crippen LogP contribution is -2.32. The monoisotopic (exact) mass is 259 g/mol. The van der Waals surface area contributed by atoms with Gasteiger partial charge in [-0.15, -0.1) is 0 Å². The fourth-order valence-corrected chi connectivity index (χ4v) is 2.72. The zero-order valence-electron chi connectivity index (χ0n) is 11.0. The molecule has 1 aliphatic heterocycles. The number of likely N-dealkylation sites (N-methyl/N-ethyl adjacent to an activating group) is 1. The van der Waals surface area contributed by atoms with Crippen LogP contribution in [-0.4, -0.2) is 45.8 Å². The second-order valence-corrected chi connectivity index (χ2v) is 5.38. The molecule has 2 aromatic rings. The van der Waals surface area contributed by atoms with E-state index in [1.165, 1.54) is 12.8 Å². The van der Waals surface area contributed by atoms with E-state index in [4.69, 9.17) is 4.74 Å². The predicted molar refractivity (Wildman–Crippen MR) is 71.2 cm³/mol. The molecule has 6 heteroatoms. The highest BCUT2D eigenvalue weighted by Crippen LogP contribution is 2.37. The number of hydrogen-bond acceptors (Lipinski definition) is 5. The Morgan fingerprint density at radius 3 is 2.89 bits per heavy atom. The molecule has 2 aliphatic rings. The van der Waals surface area contributed by atoms with Gasteiger partial charge in [-0.2, -0.15) is 0 Å². The van der Waals surface area contributed by atoms with Crippen molar-refractivity contribution in [2.24, 2.45) is 0 Å². The van der Waals surface area contributed by atoms with Crippen LogP contribution in [0.1, 0.15) is 25.3 Å². The first-order valence-electron chi connectivity index (χ1n) is 6.82. The van der Waals surface area contributed by atoms with E-state index in [9.17, 15) is 0 Å². The molecule has 2 aromatic heterocycles. The van der Waals surface area contributed by atoms with Crippen molar-refractivity contribution in [1.29, 1.82) is 0 Å². The SMILES string of the molecule is CN(c1ncnc2c1ncn2C1CC1)C1CCOC1. The molecule has 100 valence electrons. The molecular formula is C13H17N5O. The van der Waals surface area contributed by atoms with E-state index in [1.54, 1.807) is 6.33 Å². The minimum absolute atomic E-state index is 0.393. The van der Waals surface area contributed by atoms with Crippen LogP contribution in [0.5, 0.6) is 0 Å². The van der Waals surface area contributed by atoms with Crippen LogP contribution < -0.4 is 4.90 Å². The molecule has 19 heavy (non-hydrogen) atoms. The summed E-state index contributed by atoms with van der Waals surface area (Å²) in [6.07, 6.45) is 7.06. The van der Waals surface area contributed by atoms with Gasteiger partial charge in [0.05, 0.1) is 19.0 Å². The van der Waals surface area contributed by atoms with Gasteiger partial charge in [0.15, 0.2) is 17.0 Å². The lowest BCUT2D eigenvalue weighted by atomic mass is 10.2. The summed E-state index contributed by atoms with van der Waals surface area (Å²) in [4.78, 5) is 15.5. The molecule has 6 nitrogen and oxygen atoms in total. The van der Waals surface area contributed by atoms with Crippen LogP contribution >= 0.6 is 0 Å². The normalized spacial score (nSPS) is 23.1.